The van der Waals surface area contributed by atoms with Gasteiger partial charge < -0.3 is 19.7 Å². The van der Waals surface area contributed by atoms with Crippen LogP contribution in [0, 0.1) is 0 Å². The summed E-state index contributed by atoms with van der Waals surface area (Å²) in [5.41, 5.74) is 1.01. The number of carboxylic acid groups (broad SMARTS) is 1. The van der Waals surface area contributed by atoms with Gasteiger partial charge in [-0.25, -0.2) is 0 Å². The van der Waals surface area contributed by atoms with E-state index in [1.807, 2.05) is 35.2 Å². The Bertz CT molecular complexity index is 439. The van der Waals surface area contributed by atoms with Gasteiger partial charge in [0.05, 0.1) is 38.6 Å². The Morgan fingerprint density at radius 3 is 2.37 bits per heavy atom. The van der Waals surface area contributed by atoms with E-state index in [-0.39, 0.29) is 12.5 Å². The van der Waals surface area contributed by atoms with Crippen molar-refractivity contribution in [2.45, 2.75) is 6.42 Å². The van der Waals surface area contributed by atoms with Crippen molar-refractivity contribution < 1.29 is 19.6 Å². The molecule has 102 valence electrons. The van der Waals surface area contributed by atoms with E-state index in [4.69, 9.17) is 0 Å². The van der Waals surface area contributed by atoms with Crippen LogP contribution in [0.1, 0.15) is 5.56 Å². The van der Waals surface area contributed by atoms with Gasteiger partial charge in [0.1, 0.15) is 6.54 Å². The molecule has 0 aliphatic carbocycles. The molecule has 0 aromatic heterocycles. The van der Waals surface area contributed by atoms with Crippen molar-refractivity contribution in [1.82, 2.24) is 4.90 Å². The Morgan fingerprint density at radius 2 is 1.79 bits per heavy atom. The number of carbonyl (C=O) groups is 2. The third-order valence-corrected chi connectivity index (χ3v) is 3.42. The third-order valence-electron chi connectivity index (χ3n) is 3.42. The predicted octanol–water partition coefficient (Wildman–Crippen LogP) is -2.29. The van der Waals surface area contributed by atoms with Crippen molar-refractivity contribution in [3.8, 4) is 0 Å². The van der Waals surface area contributed by atoms with E-state index in [1.54, 1.807) is 0 Å². The molecule has 1 aliphatic rings. The highest BCUT2D eigenvalue weighted by Crippen LogP contribution is 2.03. The Labute approximate surface area is 112 Å². The second-order valence-corrected chi connectivity index (χ2v) is 4.84. The molecule has 5 heteroatoms. The normalized spacial score (nSPS) is 16.3. The average molecular weight is 262 g/mol. The van der Waals surface area contributed by atoms with Crippen molar-refractivity contribution >= 4 is 11.9 Å². The van der Waals surface area contributed by atoms with Gasteiger partial charge in [-0.05, 0) is 5.56 Å². The first kappa shape index (κ1) is 13.5. The van der Waals surface area contributed by atoms with Gasteiger partial charge in [-0.1, -0.05) is 30.3 Å². The topological polar surface area (TPSA) is 64.9 Å². The minimum absolute atomic E-state index is 0.0285. The zero-order valence-electron chi connectivity index (χ0n) is 10.8. The first-order valence-electron chi connectivity index (χ1n) is 6.50. The van der Waals surface area contributed by atoms with Gasteiger partial charge in [-0.15, -0.1) is 0 Å². The van der Waals surface area contributed by atoms with E-state index in [0.29, 0.717) is 32.6 Å². The summed E-state index contributed by atoms with van der Waals surface area (Å²) in [7, 11) is 0. The molecule has 0 spiro atoms. The fraction of sp³-hybridized carbons (Fsp3) is 0.429. The molecule has 1 aliphatic heterocycles. The van der Waals surface area contributed by atoms with Crippen molar-refractivity contribution in [3.63, 3.8) is 0 Å². The predicted molar refractivity (Wildman–Crippen MR) is 67.3 cm³/mol. The van der Waals surface area contributed by atoms with Crippen LogP contribution in [0.15, 0.2) is 30.3 Å². The second-order valence-electron chi connectivity index (χ2n) is 4.84. The fourth-order valence-electron chi connectivity index (χ4n) is 2.34. The van der Waals surface area contributed by atoms with Gasteiger partial charge in [0.25, 0.3) is 0 Å². The number of amides is 1. The lowest BCUT2D eigenvalue weighted by molar-refractivity contribution is -0.898. The number of carbonyl (C=O) groups excluding carboxylic acids is 2. The molecule has 2 rings (SSSR count). The third kappa shape index (κ3) is 4.06. The number of piperazine rings is 1. The molecular weight excluding hydrogens is 244 g/mol. The molecule has 1 aromatic carbocycles. The minimum Gasteiger partial charge on any atom is -0.544 e. The van der Waals surface area contributed by atoms with Crippen molar-refractivity contribution in [2.75, 3.05) is 32.7 Å². The van der Waals surface area contributed by atoms with Crippen LogP contribution in [0.2, 0.25) is 0 Å². The largest absolute Gasteiger partial charge is 0.544 e. The van der Waals surface area contributed by atoms with Gasteiger partial charge in [0, 0.05) is 0 Å². The Balaban J connectivity index is 1.81. The number of quaternary nitrogens is 1. The lowest BCUT2D eigenvalue weighted by atomic mass is 10.1. The molecule has 1 amide bonds. The van der Waals surface area contributed by atoms with Gasteiger partial charge >= 0.3 is 0 Å². The second kappa shape index (κ2) is 6.33. The van der Waals surface area contributed by atoms with Crippen molar-refractivity contribution in [1.29, 1.82) is 0 Å². The van der Waals surface area contributed by atoms with Crippen LogP contribution in [0.4, 0.5) is 0 Å². The highest BCUT2D eigenvalue weighted by Gasteiger charge is 2.23. The number of aliphatic carboxylic acids is 1. The SMILES string of the molecule is O=C([O-])C[NH+]1CCN(C(=O)Cc2ccccc2)CC1. The van der Waals surface area contributed by atoms with Crippen LogP contribution in [0.3, 0.4) is 0 Å². The fourth-order valence-corrected chi connectivity index (χ4v) is 2.34. The van der Waals surface area contributed by atoms with Gasteiger partial charge in [-0.3, -0.25) is 4.79 Å². The van der Waals surface area contributed by atoms with E-state index in [9.17, 15) is 14.7 Å². The molecule has 0 bridgehead atoms. The molecule has 1 fully saturated rings. The number of nitrogens with one attached hydrogen (secondary N) is 1. The number of benzene rings is 1. The Hall–Kier alpha value is -1.88. The minimum atomic E-state index is -1.03. The van der Waals surface area contributed by atoms with Crippen LogP contribution in [0.25, 0.3) is 0 Å². The van der Waals surface area contributed by atoms with Crippen LogP contribution in [-0.2, 0) is 16.0 Å². The highest BCUT2D eigenvalue weighted by atomic mass is 16.4. The molecule has 1 aromatic rings. The van der Waals surface area contributed by atoms with E-state index in [1.165, 1.54) is 0 Å². The quantitative estimate of drug-likeness (QED) is 0.664. The number of nitrogens with zero attached hydrogens (tertiary/aromatic N) is 1. The van der Waals surface area contributed by atoms with Crippen LogP contribution >= 0.6 is 0 Å². The van der Waals surface area contributed by atoms with Crippen LogP contribution in [0.5, 0.6) is 0 Å². The summed E-state index contributed by atoms with van der Waals surface area (Å²) in [6, 6.07) is 9.65. The molecule has 5 nitrogen and oxygen atoms in total. The Kier molecular flexibility index (Phi) is 4.52. The van der Waals surface area contributed by atoms with Crippen LogP contribution in [-0.4, -0.2) is 49.5 Å². The smallest absolute Gasteiger partial charge is 0.227 e. The summed E-state index contributed by atoms with van der Waals surface area (Å²) in [4.78, 5) is 25.4. The van der Waals surface area contributed by atoms with E-state index in [2.05, 4.69) is 0 Å². The maximum Gasteiger partial charge on any atom is 0.227 e. The molecule has 0 saturated carbocycles. The molecule has 1 saturated heterocycles. The number of rotatable bonds is 4. The molecule has 1 heterocycles. The summed E-state index contributed by atoms with van der Waals surface area (Å²) in [6.45, 7) is 2.62. The van der Waals surface area contributed by atoms with Gasteiger partial charge in [0.15, 0.2) is 0 Å². The molecule has 0 atom stereocenters. The van der Waals surface area contributed by atoms with E-state index in [0.717, 1.165) is 10.5 Å². The monoisotopic (exact) mass is 262 g/mol. The van der Waals surface area contributed by atoms with Gasteiger partial charge in [-0.2, -0.15) is 0 Å². The summed E-state index contributed by atoms with van der Waals surface area (Å²) >= 11 is 0. The van der Waals surface area contributed by atoms with Crippen LogP contribution < -0.4 is 10.0 Å². The van der Waals surface area contributed by atoms with E-state index < -0.39 is 5.97 Å². The van der Waals surface area contributed by atoms with Crippen molar-refractivity contribution in [2.24, 2.45) is 0 Å². The summed E-state index contributed by atoms with van der Waals surface area (Å²) in [6.07, 6.45) is 0.413. The molecular formula is C14H18N2O3. The Morgan fingerprint density at radius 1 is 1.16 bits per heavy atom. The maximum atomic E-state index is 12.1. The molecule has 1 N–H and O–H groups in total. The first-order valence-corrected chi connectivity index (χ1v) is 6.50. The lowest BCUT2D eigenvalue weighted by Gasteiger charge is -2.32. The zero-order chi connectivity index (χ0) is 13.7. The molecule has 0 unspecified atom stereocenters. The number of hydrogen-bond donors (Lipinski definition) is 1. The van der Waals surface area contributed by atoms with Gasteiger partial charge in [0.2, 0.25) is 5.91 Å². The number of carboxylic acids is 1. The zero-order valence-corrected chi connectivity index (χ0v) is 10.8. The molecule has 19 heavy (non-hydrogen) atoms. The first-order chi connectivity index (χ1) is 9.15. The molecule has 0 radical (unpaired) electrons. The lowest BCUT2D eigenvalue weighted by Crippen LogP contribution is -3.16. The van der Waals surface area contributed by atoms with Crippen molar-refractivity contribution in [3.05, 3.63) is 35.9 Å². The highest BCUT2D eigenvalue weighted by molar-refractivity contribution is 5.78. The average Bonchev–Trinajstić information content (AvgIpc) is 2.40. The summed E-state index contributed by atoms with van der Waals surface area (Å²) in [5, 5.41) is 10.5. The standard InChI is InChI=1S/C14H18N2O3/c17-13(10-12-4-2-1-3-5-12)16-8-6-15(7-9-16)11-14(18)19/h1-5H,6-11H2,(H,18,19). The summed E-state index contributed by atoms with van der Waals surface area (Å²) in [5.74, 6) is -0.919. The summed E-state index contributed by atoms with van der Waals surface area (Å²) < 4.78 is 0. The maximum absolute atomic E-state index is 12.1. The number of hydrogen-bond acceptors (Lipinski definition) is 3. The van der Waals surface area contributed by atoms with E-state index >= 15 is 0 Å².